The first kappa shape index (κ1) is 19.1. The molecule has 1 aliphatic carbocycles. The minimum absolute atomic E-state index is 0.111. The second kappa shape index (κ2) is 8.26. The molecule has 2 rings (SSSR count). The fraction of sp³-hybridized carbons (Fsp3) is 0.368. The summed E-state index contributed by atoms with van der Waals surface area (Å²) in [5, 5.41) is 14.0. The molecule has 0 heterocycles. The Morgan fingerprint density at radius 3 is 2.54 bits per heavy atom. The van der Waals surface area contributed by atoms with Crippen molar-refractivity contribution in [1.82, 2.24) is 5.32 Å². The van der Waals surface area contributed by atoms with E-state index in [2.05, 4.69) is 36.5 Å². The molecule has 0 bridgehead atoms. The first-order chi connectivity index (χ1) is 11.2. The van der Waals surface area contributed by atoms with Crippen LogP contribution >= 0.6 is 11.8 Å². The normalized spacial score (nSPS) is 17.7. The molecule has 0 saturated heterocycles. The van der Waals surface area contributed by atoms with Crippen LogP contribution in [-0.2, 0) is 4.74 Å². The molecule has 4 nitrogen and oxygen atoms in total. The fourth-order valence-corrected chi connectivity index (χ4v) is 3.12. The molecule has 1 atom stereocenters. The van der Waals surface area contributed by atoms with Gasteiger partial charge in [-0.3, -0.25) is 0 Å². The fourth-order valence-electron chi connectivity index (χ4n) is 2.12. The summed E-state index contributed by atoms with van der Waals surface area (Å²) in [4.78, 5) is 12.8. The number of nitrogens with one attached hydrogen (secondary N) is 1. The zero-order chi connectivity index (χ0) is 17.7. The maximum absolute atomic E-state index is 11.7. The van der Waals surface area contributed by atoms with Crippen LogP contribution in [0.1, 0.15) is 26.3 Å². The Bertz CT molecular complexity index is 539. The van der Waals surface area contributed by atoms with E-state index in [1.165, 1.54) is 5.56 Å². The number of thioether (sulfide) groups is 1. The van der Waals surface area contributed by atoms with Crippen molar-refractivity contribution in [2.45, 2.75) is 44.3 Å². The van der Waals surface area contributed by atoms with Crippen LogP contribution in [0.2, 0.25) is 0 Å². The average molecular weight is 346 g/mol. The zero-order valence-electron chi connectivity index (χ0n) is 14.5. The molecule has 0 unspecified atom stereocenters. The third-order valence-electron chi connectivity index (χ3n) is 3.25. The van der Waals surface area contributed by atoms with Crippen molar-refractivity contribution >= 4 is 17.9 Å². The lowest BCUT2D eigenvalue weighted by Crippen LogP contribution is -2.39. The second-order valence-electron chi connectivity index (χ2n) is 6.66. The Kier molecular flexibility index (Phi) is 6.58. The number of carbonyl (C=O) groups excluding carboxylic acids is 1. The molecule has 129 valence electrons. The van der Waals surface area contributed by atoms with Crippen LogP contribution in [0.15, 0.2) is 29.2 Å². The summed E-state index contributed by atoms with van der Waals surface area (Å²) in [6.45, 7) is 7.57. The van der Waals surface area contributed by atoms with Crippen molar-refractivity contribution < 1.29 is 14.6 Å². The van der Waals surface area contributed by atoms with Gasteiger partial charge in [-0.2, -0.15) is 0 Å². The molecule has 0 aliphatic heterocycles. The molecule has 0 aromatic heterocycles. The summed E-state index contributed by atoms with van der Waals surface area (Å²) >= 11 is 1.60. The van der Waals surface area contributed by atoms with Crippen LogP contribution in [0.25, 0.3) is 0 Å². The number of alkyl carbamates (subject to hydrolysis) is 1. The van der Waals surface area contributed by atoms with Gasteiger partial charge in [-0.1, -0.05) is 17.7 Å². The summed E-state index contributed by atoms with van der Waals surface area (Å²) in [5.74, 6) is 0.802. The molecule has 1 aromatic carbocycles. The molecule has 24 heavy (non-hydrogen) atoms. The van der Waals surface area contributed by atoms with Crippen LogP contribution in [0.4, 0.5) is 4.79 Å². The molecular weight excluding hydrogens is 322 g/mol. The molecule has 1 aromatic rings. The number of amides is 1. The monoisotopic (exact) mass is 346 g/mol. The summed E-state index contributed by atoms with van der Waals surface area (Å²) in [6, 6.07) is 8.24. The van der Waals surface area contributed by atoms with Crippen LogP contribution < -0.4 is 5.32 Å². The number of ether oxygens (including phenoxy) is 1. The Balaban J connectivity index is 1.85. The summed E-state index contributed by atoms with van der Waals surface area (Å²) in [5.41, 5.74) is 0.658. The topological polar surface area (TPSA) is 58.6 Å². The number of benzene rings is 1. The number of aryl methyl sites for hydroxylation is 1. The number of aliphatic hydroxyl groups is 1. The van der Waals surface area contributed by atoms with Crippen molar-refractivity contribution in [3.8, 4) is 0 Å². The first-order valence-corrected chi connectivity index (χ1v) is 8.71. The van der Waals surface area contributed by atoms with Gasteiger partial charge in [0.05, 0.1) is 6.10 Å². The van der Waals surface area contributed by atoms with Crippen LogP contribution in [-0.4, -0.2) is 29.4 Å². The maximum atomic E-state index is 11.7. The average Bonchev–Trinajstić information content (AvgIpc) is 2.93. The third-order valence-corrected chi connectivity index (χ3v) is 4.35. The van der Waals surface area contributed by atoms with Crippen molar-refractivity contribution in [2.75, 3.05) is 6.54 Å². The Morgan fingerprint density at radius 1 is 1.25 bits per heavy atom. The number of carbonyl (C=O) groups is 1. The predicted octanol–water partition coefficient (Wildman–Crippen LogP) is 3.71. The van der Waals surface area contributed by atoms with E-state index in [9.17, 15) is 9.90 Å². The molecule has 1 saturated carbocycles. The molecule has 1 fully saturated rings. The standard InChI is InChI=1S/C19H24NO3S/c1-13-8-10-14(11-9-13)24-17-7-5-6-15(17)16(21)12-20-18(22)23-19(2,3)4/h5-11,16,21H,12H2,1-4H3,(H,20,22)/t16-/m0/s1. The van der Waals surface area contributed by atoms with E-state index in [-0.39, 0.29) is 6.54 Å². The molecule has 2 N–H and O–H groups in total. The van der Waals surface area contributed by atoms with Crippen molar-refractivity contribution in [3.63, 3.8) is 0 Å². The minimum Gasteiger partial charge on any atom is -0.444 e. The van der Waals surface area contributed by atoms with Gasteiger partial charge < -0.3 is 15.2 Å². The van der Waals surface area contributed by atoms with E-state index in [0.717, 1.165) is 16.1 Å². The van der Waals surface area contributed by atoms with E-state index < -0.39 is 17.8 Å². The highest BCUT2D eigenvalue weighted by Crippen LogP contribution is 2.46. The molecule has 5 heteroatoms. The van der Waals surface area contributed by atoms with E-state index in [0.29, 0.717) is 0 Å². The number of rotatable bonds is 5. The zero-order valence-corrected chi connectivity index (χ0v) is 15.3. The predicted molar refractivity (Wildman–Crippen MR) is 96.7 cm³/mol. The van der Waals surface area contributed by atoms with Crippen LogP contribution in [0.3, 0.4) is 0 Å². The molecule has 0 spiro atoms. The number of aliphatic hydroxyl groups excluding tert-OH is 1. The molecule has 5 radical (unpaired) electrons. The molecule has 1 aliphatic rings. The first-order valence-electron chi connectivity index (χ1n) is 7.89. The summed E-state index contributed by atoms with van der Waals surface area (Å²) < 4.78 is 5.18. The van der Waals surface area contributed by atoms with Gasteiger partial charge in [-0.05, 0) is 59.1 Å². The lowest BCUT2D eigenvalue weighted by molar-refractivity contribution is 0.0499. The van der Waals surface area contributed by atoms with E-state index >= 15 is 0 Å². The highest BCUT2D eigenvalue weighted by Gasteiger charge is 2.35. The smallest absolute Gasteiger partial charge is 0.407 e. The van der Waals surface area contributed by atoms with Gasteiger partial charge >= 0.3 is 6.09 Å². The van der Waals surface area contributed by atoms with E-state index in [1.54, 1.807) is 32.5 Å². The minimum atomic E-state index is -0.777. The lowest BCUT2D eigenvalue weighted by Gasteiger charge is -2.24. The SMILES string of the molecule is Cc1ccc(S[C]2[CH][CH][CH][C]2[C@@H](O)CNC(=O)OC(C)(C)C)cc1. The van der Waals surface area contributed by atoms with Crippen molar-refractivity contribution in [3.05, 3.63) is 60.3 Å². The molecule has 1 amide bonds. The highest BCUT2D eigenvalue weighted by molar-refractivity contribution is 8.02. The Labute approximate surface area is 149 Å². The van der Waals surface area contributed by atoms with E-state index in [4.69, 9.17) is 4.74 Å². The van der Waals surface area contributed by atoms with Gasteiger partial charge in [-0.25, -0.2) is 4.79 Å². The van der Waals surface area contributed by atoms with Gasteiger partial charge in [0.15, 0.2) is 0 Å². The van der Waals surface area contributed by atoms with Gasteiger partial charge in [0, 0.05) is 22.6 Å². The van der Waals surface area contributed by atoms with Gasteiger partial charge in [0.2, 0.25) is 0 Å². The maximum Gasteiger partial charge on any atom is 0.407 e. The van der Waals surface area contributed by atoms with Gasteiger partial charge in [0.1, 0.15) is 5.60 Å². The van der Waals surface area contributed by atoms with Crippen molar-refractivity contribution in [1.29, 1.82) is 0 Å². The van der Waals surface area contributed by atoms with Gasteiger partial charge in [0.25, 0.3) is 0 Å². The second-order valence-corrected chi connectivity index (χ2v) is 7.77. The quantitative estimate of drug-likeness (QED) is 0.853. The number of hydrogen-bond acceptors (Lipinski definition) is 4. The third kappa shape index (κ3) is 6.02. The largest absolute Gasteiger partial charge is 0.444 e. The summed E-state index contributed by atoms with van der Waals surface area (Å²) in [7, 11) is 0. The summed E-state index contributed by atoms with van der Waals surface area (Å²) in [6.07, 6.45) is 4.44. The molecular formula is C19H24NO3S. The Hall–Kier alpha value is -1.20. The Morgan fingerprint density at radius 2 is 1.92 bits per heavy atom. The van der Waals surface area contributed by atoms with Crippen LogP contribution in [0.5, 0.6) is 0 Å². The van der Waals surface area contributed by atoms with Crippen molar-refractivity contribution in [2.24, 2.45) is 0 Å². The van der Waals surface area contributed by atoms with Gasteiger partial charge in [-0.15, -0.1) is 11.8 Å². The number of hydrogen-bond donors (Lipinski definition) is 2. The highest BCUT2D eigenvalue weighted by atomic mass is 32.2. The van der Waals surface area contributed by atoms with Crippen LogP contribution in [0, 0.1) is 37.4 Å². The van der Waals surface area contributed by atoms with E-state index in [1.807, 2.05) is 19.3 Å². The lowest BCUT2D eigenvalue weighted by atomic mass is 10.0.